The predicted octanol–water partition coefficient (Wildman–Crippen LogP) is 4.46. The first-order valence-corrected chi connectivity index (χ1v) is 9.62. The lowest BCUT2D eigenvalue weighted by atomic mass is 10.2. The molecule has 1 aromatic carbocycles. The van der Waals surface area contributed by atoms with Gasteiger partial charge in [-0.3, -0.25) is 0 Å². The van der Waals surface area contributed by atoms with E-state index in [0.29, 0.717) is 17.5 Å². The highest BCUT2D eigenvalue weighted by molar-refractivity contribution is 9.10. The molecule has 1 N–H and O–H groups in total. The summed E-state index contributed by atoms with van der Waals surface area (Å²) < 4.78 is 7.58. The Morgan fingerprint density at radius 1 is 1.17 bits per heavy atom. The fourth-order valence-corrected chi connectivity index (χ4v) is 3.59. The molecule has 0 bridgehead atoms. The van der Waals surface area contributed by atoms with Gasteiger partial charge in [0.1, 0.15) is 0 Å². The zero-order valence-corrected chi connectivity index (χ0v) is 15.5. The van der Waals surface area contributed by atoms with E-state index in [1.54, 1.807) is 0 Å². The third-order valence-electron chi connectivity index (χ3n) is 2.81. The number of benzene rings is 1. The van der Waals surface area contributed by atoms with Crippen molar-refractivity contribution in [2.24, 2.45) is 0 Å². The summed E-state index contributed by atoms with van der Waals surface area (Å²) in [5.41, 5.74) is 0.902. The van der Waals surface area contributed by atoms with E-state index >= 15 is 0 Å². The fraction of sp³-hybridized carbons (Fsp3) is 0.286. The largest absolute Gasteiger partial charge is 0.420 e. The van der Waals surface area contributed by atoms with Crippen molar-refractivity contribution in [3.63, 3.8) is 0 Å². The summed E-state index contributed by atoms with van der Waals surface area (Å²) in [4.78, 5) is 0. The van der Waals surface area contributed by atoms with Gasteiger partial charge in [0.2, 0.25) is 16.9 Å². The van der Waals surface area contributed by atoms with Crippen molar-refractivity contribution in [3.05, 3.63) is 34.6 Å². The highest BCUT2D eigenvalue weighted by atomic mass is 79.9. The van der Waals surface area contributed by atoms with Crippen molar-refractivity contribution < 1.29 is 4.42 Å². The van der Waals surface area contributed by atoms with Crippen molar-refractivity contribution in [2.45, 2.75) is 23.4 Å². The molecular weight excluding hydrogens is 398 g/mol. The number of nitrogens with zero attached hydrogens (tertiary/aromatic N) is 4. The first-order chi connectivity index (χ1) is 11.2. The SMILES string of the molecule is CCCNc1nnc(SCc2nnc(-c3ccc(Br)cc3)o2)s1. The Morgan fingerprint density at radius 3 is 2.78 bits per heavy atom. The molecule has 0 aliphatic heterocycles. The van der Waals surface area contributed by atoms with Crippen molar-refractivity contribution in [1.29, 1.82) is 0 Å². The maximum Gasteiger partial charge on any atom is 0.247 e. The summed E-state index contributed by atoms with van der Waals surface area (Å²) in [6.07, 6.45) is 1.06. The van der Waals surface area contributed by atoms with Gasteiger partial charge in [0.25, 0.3) is 0 Å². The highest BCUT2D eigenvalue weighted by Gasteiger charge is 2.11. The van der Waals surface area contributed by atoms with Crippen molar-refractivity contribution >= 4 is 44.2 Å². The van der Waals surface area contributed by atoms with Crippen LogP contribution < -0.4 is 5.32 Å². The van der Waals surface area contributed by atoms with Crippen LogP contribution in [0.5, 0.6) is 0 Å². The fourth-order valence-electron chi connectivity index (χ4n) is 1.72. The van der Waals surface area contributed by atoms with Crippen LogP contribution in [0.15, 0.2) is 37.5 Å². The first kappa shape index (κ1) is 16.4. The molecule has 2 aromatic heterocycles. The average molecular weight is 412 g/mol. The first-order valence-electron chi connectivity index (χ1n) is 7.03. The Bertz CT molecular complexity index is 759. The minimum atomic E-state index is 0.524. The molecule has 0 fully saturated rings. The molecule has 0 amide bonds. The van der Waals surface area contributed by atoms with Crippen LogP contribution in [0.4, 0.5) is 5.13 Å². The molecule has 23 heavy (non-hydrogen) atoms. The Balaban J connectivity index is 1.58. The van der Waals surface area contributed by atoms with E-state index in [1.165, 1.54) is 23.1 Å². The van der Waals surface area contributed by atoms with E-state index in [9.17, 15) is 0 Å². The van der Waals surface area contributed by atoms with Crippen LogP contribution in [0.25, 0.3) is 11.5 Å². The molecular formula is C14H14BrN5OS2. The number of hydrogen-bond acceptors (Lipinski definition) is 8. The normalized spacial score (nSPS) is 10.9. The van der Waals surface area contributed by atoms with Gasteiger partial charge in [0.05, 0.1) is 5.75 Å². The Labute approximate surface area is 150 Å². The number of halogens is 1. The van der Waals surface area contributed by atoms with Crippen molar-refractivity contribution in [2.75, 3.05) is 11.9 Å². The molecule has 9 heteroatoms. The van der Waals surface area contributed by atoms with Crippen molar-refractivity contribution in [1.82, 2.24) is 20.4 Å². The van der Waals surface area contributed by atoms with Gasteiger partial charge in [-0.25, -0.2) is 0 Å². The topological polar surface area (TPSA) is 76.7 Å². The summed E-state index contributed by atoms with van der Waals surface area (Å²) in [5.74, 6) is 1.67. The second kappa shape index (κ2) is 7.89. The second-order valence-electron chi connectivity index (χ2n) is 4.60. The third kappa shape index (κ3) is 4.52. The molecule has 120 valence electrons. The van der Waals surface area contributed by atoms with Gasteiger partial charge < -0.3 is 9.73 Å². The average Bonchev–Trinajstić information content (AvgIpc) is 3.21. The molecule has 0 radical (unpaired) electrons. The summed E-state index contributed by atoms with van der Waals surface area (Å²) >= 11 is 6.48. The number of anilines is 1. The summed E-state index contributed by atoms with van der Waals surface area (Å²) in [6.45, 7) is 3.02. The summed E-state index contributed by atoms with van der Waals surface area (Å²) in [6, 6.07) is 7.76. The smallest absolute Gasteiger partial charge is 0.247 e. The number of aromatic nitrogens is 4. The summed E-state index contributed by atoms with van der Waals surface area (Å²) in [5, 5.41) is 20.4. The minimum absolute atomic E-state index is 0.524. The zero-order chi connectivity index (χ0) is 16.1. The quantitative estimate of drug-likeness (QED) is 0.574. The molecule has 6 nitrogen and oxygen atoms in total. The lowest BCUT2D eigenvalue weighted by Crippen LogP contribution is -1.98. The maximum absolute atomic E-state index is 5.69. The lowest BCUT2D eigenvalue weighted by Gasteiger charge is -1.95. The minimum Gasteiger partial charge on any atom is -0.420 e. The molecule has 0 spiro atoms. The van der Waals surface area contributed by atoms with E-state index in [1.807, 2.05) is 24.3 Å². The zero-order valence-electron chi connectivity index (χ0n) is 12.3. The Morgan fingerprint density at radius 2 is 2.00 bits per heavy atom. The number of nitrogens with one attached hydrogen (secondary N) is 1. The number of hydrogen-bond donors (Lipinski definition) is 1. The van der Waals surface area contributed by atoms with Crippen LogP contribution in [0.1, 0.15) is 19.2 Å². The van der Waals surface area contributed by atoms with Gasteiger partial charge in [0, 0.05) is 16.6 Å². The van der Waals surface area contributed by atoms with Crippen LogP contribution in [0.3, 0.4) is 0 Å². The van der Waals surface area contributed by atoms with Crippen LogP contribution in [0, 0.1) is 0 Å². The van der Waals surface area contributed by atoms with Crippen LogP contribution in [-0.4, -0.2) is 26.9 Å². The molecule has 0 saturated carbocycles. The second-order valence-corrected chi connectivity index (χ2v) is 7.71. The van der Waals surface area contributed by atoms with Crippen LogP contribution in [-0.2, 0) is 5.75 Å². The van der Waals surface area contributed by atoms with E-state index in [2.05, 4.69) is 48.6 Å². The van der Waals surface area contributed by atoms with E-state index in [-0.39, 0.29) is 0 Å². The van der Waals surface area contributed by atoms with Crippen molar-refractivity contribution in [3.8, 4) is 11.5 Å². The number of rotatable bonds is 7. The molecule has 0 atom stereocenters. The predicted molar refractivity (Wildman–Crippen MR) is 95.7 cm³/mol. The summed E-state index contributed by atoms with van der Waals surface area (Å²) in [7, 11) is 0. The Hall–Kier alpha value is -1.45. The van der Waals surface area contributed by atoms with Gasteiger partial charge in [-0.2, -0.15) is 0 Å². The molecule has 0 unspecified atom stereocenters. The van der Waals surface area contributed by atoms with E-state index < -0.39 is 0 Å². The van der Waals surface area contributed by atoms with Crippen LogP contribution >= 0.6 is 39.0 Å². The molecule has 0 aliphatic rings. The van der Waals surface area contributed by atoms with Gasteiger partial charge in [-0.1, -0.05) is 46.0 Å². The molecule has 3 aromatic rings. The number of thioether (sulfide) groups is 1. The highest BCUT2D eigenvalue weighted by Crippen LogP contribution is 2.29. The monoisotopic (exact) mass is 411 g/mol. The molecule has 0 aliphatic carbocycles. The maximum atomic E-state index is 5.69. The van der Waals surface area contributed by atoms with Gasteiger partial charge in [0.15, 0.2) is 4.34 Å². The molecule has 0 saturated heterocycles. The standard InChI is InChI=1S/C14H14BrN5OS2/c1-2-7-16-13-19-20-14(23-13)22-8-11-17-18-12(21-11)9-3-5-10(15)6-4-9/h3-6H,2,7-8H2,1H3,(H,16,19). The van der Waals surface area contributed by atoms with Gasteiger partial charge in [-0.05, 0) is 30.7 Å². The van der Waals surface area contributed by atoms with Gasteiger partial charge >= 0.3 is 0 Å². The lowest BCUT2D eigenvalue weighted by molar-refractivity contribution is 0.528. The third-order valence-corrected chi connectivity index (χ3v) is 5.34. The van der Waals surface area contributed by atoms with Gasteiger partial charge in [-0.15, -0.1) is 20.4 Å². The van der Waals surface area contributed by atoms with E-state index in [0.717, 1.165) is 32.5 Å². The Kier molecular flexibility index (Phi) is 5.63. The molecule has 2 heterocycles. The molecule has 3 rings (SSSR count). The van der Waals surface area contributed by atoms with E-state index in [4.69, 9.17) is 4.42 Å². The van der Waals surface area contributed by atoms with Crippen LogP contribution in [0.2, 0.25) is 0 Å².